The number of Topliss-reactive ketones (excluding diaryl/α,β-unsaturated/α-hetero) is 1. The van der Waals surface area contributed by atoms with E-state index in [0.29, 0.717) is 0 Å². The summed E-state index contributed by atoms with van der Waals surface area (Å²) in [5.74, 6) is -4.01. The molecule has 0 saturated carbocycles. The summed E-state index contributed by atoms with van der Waals surface area (Å²) in [4.78, 5) is 21.6. The van der Waals surface area contributed by atoms with Crippen LogP contribution in [0, 0.1) is 0 Å². The van der Waals surface area contributed by atoms with E-state index < -0.39 is 29.4 Å². The largest absolute Gasteiger partial charge is 0.586 e. The number of ketones is 1. The highest BCUT2D eigenvalue weighted by Crippen LogP contribution is 2.43. The second-order valence-corrected chi connectivity index (χ2v) is 2.93. The highest BCUT2D eigenvalue weighted by Gasteiger charge is 2.45. The number of fused-ring (bicyclic) bond motifs is 1. The van der Waals surface area contributed by atoms with Crippen molar-refractivity contribution in [1.82, 2.24) is 0 Å². The van der Waals surface area contributed by atoms with Gasteiger partial charge in [0.1, 0.15) is 0 Å². The maximum atomic E-state index is 12.7. The van der Waals surface area contributed by atoms with Crippen LogP contribution >= 0.6 is 0 Å². The third-order valence-corrected chi connectivity index (χ3v) is 1.87. The first kappa shape index (κ1) is 10.3. The van der Waals surface area contributed by atoms with E-state index in [1.54, 1.807) is 0 Å². The Labute approximate surface area is 87.2 Å². The first-order valence-electron chi connectivity index (χ1n) is 4.07. The molecular formula is C9H4F2O5. The molecule has 1 aliphatic heterocycles. The van der Waals surface area contributed by atoms with E-state index >= 15 is 0 Å². The molecule has 7 heteroatoms. The van der Waals surface area contributed by atoms with Crippen molar-refractivity contribution in [3.8, 4) is 11.5 Å². The maximum Gasteiger partial charge on any atom is 0.586 e. The van der Waals surface area contributed by atoms with Gasteiger partial charge in [-0.05, 0) is 12.1 Å². The van der Waals surface area contributed by atoms with Crippen LogP contribution in [0.4, 0.5) is 8.78 Å². The fraction of sp³-hybridized carbons (Fsp3) is 0.111. The number of hydrogen-bond acceptors (Lipinski definition) is 4. The average Bonchev–Trinajstić information content (AvgIpc) is 2.49. The molecule has 0 aromatic heterocycles. The monoisotopic (exact) mass is 230 g/mol. The number of benzene rings is 1. The van der Waals surface area contributed by atoms with Gasteiger partial charge in [0, 0.05) is 0 Å². The molecule has 0 unspecified atom stereocenters. The van der Waals surface area contributed by atoms with E-state index in [0.717, 1.165) is 12.1 Å². The number of carbonyl (C=O) groups excluding carboxylic acids is 1. The van der Waals surface area contributed by atoms with Crippen LogP contribution in [0.3, 0.4) is 0 Å². The van der Waals surface area contributed by atoms with E-state index in [9.17, 15) is 18.4 Å². The predicted octanol–water partition coefficient (Wildman–Crippen LogP) is 1.28. The van der Waals surface area contributed by atoms with Crippen molar-refractivity contribution < 1.29 is 33.0 Å². The van der Waals surface area contributed by atoms with Crippen LogP contribution in [-0.4, -0.2) is 23.2 Å². The minimum atomic E-state index is -3.88. The minimum Gasteiger partial charge on any atom is -0.475 e. The molecule has 0 fully saturated rings. The molecule has 0 amide bonds. The number of aliphatic carboxylic acids is 1. The number of carboxylic acid groups (broad SMARTS) is 1. The topological polar surface area (TPSA) is 72.8 Å². The molecule has 16 heavy (non-hydrogen) atoms. The van der Waals surface area contributed by atoms with Crippen molar-refractivity contribution in [1.29, 1.82) is 0 Å². The van der Waals surface area contributed by atoms with E-state index in [1.807, 2.05) is 0 Å². The van der Waals surface area contributed by atoms with Gasteiger partial charge in [-0.3, -0.25) is 4.79 Å². The second kappa shape index (κ2) is 3.16. The van der Waals surface area contributed by atoms with Crippen LogP contribution in [0.1, 0.15) is 10.4 Å². The Balaban J connectivity index is 2.49. The van der Waals surface area contributed by atoms with Gasteiger partial charge in [-0.25, -0.2) is 4.79 Å². The van der Waals surface area contributed by atoms with Crippen LogP contribution < -0.4 is 9.47 Å². The Morgan fingerprint density at radius 1 is 1.25 bits per heavy atom. The molecule has 1 aromatic rings. The number of halogens is 2. The standard InChI is InChI=1S/C9H4F2O5/c10-9(11)15-5-3-1-2-4(7(5)16-9)6(12)8(13)14/h1-3H,(H,13,14). The first-order chi connectivity index (χ1) is 7.41. The van der Waals surface area contributed by atoms with Crippen molar-refractivity contribution in [3.63, 3.8) is 0 Å². The number of rotatable bonds is 2. The molecule has 84 valence electrons. The average molecular weight is 230 g/mol. The number of ether oxygens (including phenoxy) is 2. The number of carboxylic acids is 1. The maximum absolute atomic E-state index is 12.7. The van der Waals surface area contributed by atoms with Gasteiger partial charge in [-0.2, -0.15) is 0 Å². The molecule has 0 radical (unpaired) electrons. The highest BCUT2D eigenvalue weighted by atomic mass is 19.3. The van der Waals surface area contributed by atoms with Crippen molar-refractivity contribution in [2.45, 2.75) is 6.29 Å². The van der Waals surface area contributed by atoms with Gasteiger partial charge in [0.25, 0.3) is 5.78 Å². The lowest BCUT2D eigenvalue weighted by atomic mass is 10.1. The number of para-hydroxylation sites is 1. The summed E-state index contributed by atoms with van der Waals surface area (Å²) >= 11 is 0. The zero-order valence-corrected chi connectivity index (χ0v) is 7.57. The first-order valence-corrected chi connectivity index (χ1v) is 4.07. The predicted molar refractivity (Wildman–Crippen MR) is 44.6 cm³/mol. The quantitative estimate of drug-likeness (QED) is 0.611. The van der Waals surface area contributed by atoms with Gasteiger partial charge in [0.15, 0.2) is 11.5 Å². The van der Waals surface area contributed by atoms with E-state index in [-0.39, 0.29) is 5.75 Å². The van der Waals surface area contributed by atoms with Crippen LogP contribution in [0.15, 0.2) is 18.2 Å². The van der Waals surface area contributed by atoms with Gasteiger partial charge in [0.05, 0.1) is 5.56 Å². The Kier molecular flexibility index (Phi) is 2.04. The van der Waals surface area contributed by atoms with Gasteiger partial charge in [-0.1, -0.05) is 6.07 Å². The molecule has 2 rings (SSSR count). The molecule has 0 aliphatic carbocycles. The van der Waals surface area contributed by atoms with Crippen LogP contribution in [-0.2, 0) is 4.79 Å². The van der Waals surface area contributed by atoms with Gasteiger partial charge >= 0.3 is 12.3 Å². The fourth-order valence-electron chi connectivity index (χ4n) is 1.26. The normalized spacial score (nSPS) is 15.9. The van der Waals surface area contributed by atoms with Crippen LogP contribution in [0.5, 0.6) is 11.5 Å². The SMILES string of the molecule is O=C(O)C(=O)c1cccc2c1OC(F)(F)O2. The fourth-order valence-corrected chi connectivity index (χ4v) is 1.26. The molecule has 0 atom stereocenters. The lowest BCUT2D eigenvalue weighted by molar-refractivity contribution is -0.286. The number of alkyl halides is 2. The highest BCUT2D eigenvalue weighted by molar-refractivity contribution is 6.40. The van der Waals surface area contributed by atoms with Crippen LogP contribution in [0.25, 0.3) is 0 Å². The summed E-state index contributed by atoms with van der Waals surface area (Å²) in [7, 11) is 0. The summed E-state index contributed by atoms with van der Waals surface area (Å²) in [6.45, 7) is 0. The molecule has 0 saturated heterocycles. The summed E-state index contributed by atoms with van der Waals surface area (Å²) in [6, 6.07) is 3.44. The molecule has 0 spiro atoms. The Morgan fingerprint density at radius 2 is 1.94 bits per heavy atom. The summed E-state index contributed by atoms with van der Waals surface area (Å²) in [5.41, 5.74) is -0.470. The van der Waals surface area contributed by atoms with Crippen molar-refractivity contribution in [3.05, 3.63) is 23.8 Å². The van der Waals surface area contributed by atoms with Gasteiger partial charge in [0.2, 0.25) is 0 Å². The zero-order chi connectivity index (χ0) is 11.9. The van der Waals surface area contributed by atoms with E-state index in [2.05, 4.69) is 9.47 Å². The molecule has 1 aliphatic rings. The summed E-state index contributed by atoms with van der Waals surface area (Å²) in [5, 5.41) is 8.46. The second-order valence-electron chi connectivity index (χ2n) is 2.93. The summed E-state index contributed by atoms with van der Waals surface area (Å²) in [6.07, 6.45) is -3.88. The Morgan fingerprint density at radius 3 is 2.56 bits per heavy atom. The van der Waals surface area contributed by atoms with Gasteiger partial charge in [-0.15, -0.1) is 8.78 Å². The van der Waals surface area contributed by atoms with Crippen LogP contribution in [0.2, 0.25) is 0 Å². The third-order valence-electron chi connectivity index (χ3n) is 1.87. The lowest BCUT2D eigenvalue weighted by Crippen LogP contribution is -2.26. The Bertz CT molecular complexity index is 483. The van der Waals surface area contributed by atoms with Crippen molar-refractivity contribution >= 4 is 11.8 Å². The molecule has 1 aromatic carbocycles. The molecule has 5 nitrogen and oxygen atoms in total. The Hall–Kier alpha value is -2.18. The molecule has 0 bridgehead atoms. The zero-order valence-electron chi connectivity index (χ0n) is 7.57. The minimum absolute atomic E-state index is 0.364. The number of carbonyl (C=O) groups is 2. The van der Waals surface area contributed by atoms with E-state index in [1.165, 1.54) is 6.07 Å². The van der Waals surface area contributed by atoms with E-state index in [4.69, 9.17) is 5.11 Å². The lowest BCUT2D eigenvalue weighted by Gasteiger charge is -2.05. The molecule has 1 heterocycles. The third kappa shape index (κ3) is 1.56. The van der Waals surface area contributed by atoms with Crippen molar-refractivity contribution in [2.24, 2.45) is 0 Å². The van der Waals surface area contributed by atoms with Crippen molar-refractivity contribution in [2.75, 3.05) is 0 Å². The molecular weight excluding hydrogens is 226 g/mol. The number of hydrogen-bond donors (Lipinski definition) is 1. The molecule has 1 N–H and O–H groups in total. The smallest absolute Gasteiger partial charge is 0.475 e. The summed E-state index contributed by atoms with van der Waals surface area (Å²) < 4.78 is 33.5. The van der Waals surface area contributed by atoms with Gasteiger partial charge < -0.3 is 14.6 Å².